The minimum absolute atomic E-state index is 0.135. The molecule has 0 saturated carbocycles. The molecule has 2 rings (SSSR count). The molecule has 2 atom stereocenters. The van der Waals surface area contributed by atoms with E-state index < -0.39 is 10.2 Å². The van der Waals surface area contributed by atoms with Gasteiger partial charge in [-0.1, -0.05) is 0 Å². The maximum absolute atomic E-state index is 12.2. The fourth-order valence-electron chi connectivity index (χ4n) is 2.84. The Balaban J connectivity index is 2.21. The van der Waals surface area contributed by atoms with Crippen LogP contribution in [0.5, 0.6) is 0 Å². The molecule has 16 heavy (non-hydrogen) atoms. The average molecular weight is 248 g/mol. The quantitative estimate of drug-likeness (QED) is 0.728. The number of methoxy groups -OCH3 is 1. The van der Waals surface area contributed by atoms with Crippen molar-refractivity contribution in [3.63, 3.8) is 0 Å². The Morgan fingerprint density at radius 3 is 2.06 bits per heavy atom. The molecule has 0 radical (unpaired) electrons. The van der Waals surface area contributed by atoms with Crippen molar-refractivity contribution in [3.05, 3.63) is 0 Å². The molecular weight excluding hydrogens is 228 g/mol. The first kappa shape index (κ1) is 12.3. The van der Waals surface area contributed by atoms with E-state index in [1.165, 1.54) is 4.31 Å². The Morgan fingerprint density at radius 1 is 1.19 bits per heavy atom. The summed E-state index contributed by atoms with van der Waals surface area (Å²) in [5.74, 6) is 0. The molecular formula is C10H20N2O3S. The zero-order chi connectivity index (χ0) is 11.9. The standard InChI is InChI=1S/C10H20N2O3S/c1-11(2)16(13,14)12-8-4-5-9(12)7-10(6-8)15-3/h8-10H,4-7H2,1-3H3. The van der Waals surface area contributed by atoms with Gasteiger partial charge >= 0.3 is 0 Å². The van der Waals surface area contributed by atoms with Gasteiger partial charge < -0.3 is 4.74 Å². The summed E-state index contributed by atoms with van der Waals surface area (Å²) in [6, 6.07) is 0.271. The van der Waals surface area contributed by atoms with Crippen molar-refractivity contribution >= 4 is 10.2 Å². The number of hydrogen-bond acceptors (Lipinski definition) is 3. The maximum atomic E-state index is 12.2. The molecule has 0 spiro atoms. The first-order valence-electron chi connectivity index (χ1n) is 5.70. The molecule has 5 nitrogen and oxygen atoms in total. The zero-order valence-corrected chi connectivity index (χ0v) is 10.9. The Hall–Kier alpha value is -0.170. The molecule has 0 aromatic carbocycles. The highest BCUT2D eigenvalue weighted by atomic mass is 32.2. The highest BCUT2D eigenvalue weighted by molar-refractivity contribution is 7.86. The van der Waals surface area contributed by atoms with Crippen LogP contribution >= 0.6 is 0 Å². The van der Waals surface area contributed by atoms with E-state index in [1.807, 2.05) is 0 Å². The zero-order valence-electron chi connectivity index (χ0n) is 10.1. The molecule has 0 aliphatic carbocycles. The lowest BCUT2D eigenvalue weighted by Gasteiger charge is -2.38. The smallest absolute Gasteiger partial charge is 0.281 e. The third kappa shape index (κ3) is 1.88. The van der Waals surface area contributed by atoms with Crippen LogP contribution in [0.3, 0.4) is 0 Å². The van der Waals surface area contributed by atoms with Crippen LogP contribution in [0.2, 0.25) is 0 Å². The molecule has 0 N–H and O–H groups in total. The van der Waals surface area contributed by atoms with Gasteiger partial charge in [-0.3, -0.25) is 0 Å². The molecule has 94 valence electrons. The van der Waals surface area contributed by atoms with Gasteiger partial charge in [0, 0.05) is 33.3 Å². The van der Waals surface area contributed by atoms with Gasteiger partial charge in [0.15, 0.2) is 0 Å². The fourth-order valence-corrected chi connectivity index (χ4v) is 4.36. The lowest BCUT2D eigenvalue weighted by Crippen LogP contribution is -2.52. The van der Waals surface area contributed by atoms with E-state index in [9.17, 15) is 8.42 Å². The van der Waals surface area contributed by atoms with Crippen LogP contribution in [0.1, 0.15) is 25.7 Å². The minimum atomic E-state index is -3.26. The molecule has 0 amide bonds. The van der Waals surface area contributed by atoms with Gasteiger partial charge in [0.2, 0.25) is 0 Å². The number of hydrogen-bond donors (Lipinski definition) is 0. The van der Waals surface area contributed by atoms with Crippen molar-refractivity contribution in [2.45, 2.75) is 43.9 Å². The van der Waals surface area contributed by atoms with E-state index in [2.05, 4.69) is 0 Å². The summed E-state index contributed by atoms with van der Waals surface area (Å²) in [7, 11) is 1.64. The van der Waals surface area contributed by atoms with E-state index in [1.54, 1.807) is 25.5 Å². The van der Waals surface area contributed by atoms with Crippen LogP contribution in [-0.4, -0.2) is 56.4 Å². The largest absolute Gasteiger partial charge is 0.381 e. The van der Waals surface area contributed by atoms with Gasteiger partial charge in [-0.25, -0.2) is 0 Å². The first-order valence-corrected chi connectivity index (χ1v) is 7.10. The summed E-state index contributed by atoms with van der Waals surface area (Å²) in [5, 5.41) is 0. The highest BCUT2D eigenvalue weighted by Crippen LogP contribution is 2.39. The molecule has 2 bridgehead atoms. The van der Waals surface area contributed by atoms with E-state index >= 15 is 0 Å². The lowest BCUT2D eigenvalue weighted by molar-refractivity contribution is 0.0335. The third-order valence-corrected chi connectivity index (χ3v) is 5.74. The van der Waals surface area contributed by atoms with Gasteiger partial charge in [0.25, 0.3) is 10.2 Å². The molecule has 0 aromatic heterocycles. The average Bonchev–Trinajstić information content (AvgIpc) is 2.50. The third-order valence-electron chi connectivity index (χ3n) is 3.68. The lowest BCUT2D eigenvalue weighted by atomic mass is 10.0. The second-order valence-corrected chi connectivity index (χ2v) is 6.88. The number of rotatable bonds is 3. The topological polar surface area (TPSA) is 49.9 Å². The number of fused-ring (bicyclic) bond motifs is 2. The molecule has 2 aliphatic heterocycles. The van der Waals surface area contributed by atoms with E-state index in [0.717, 1.165) is 25.7 Å². The van der Waals surface area contributed by atoms with Gasteiger partial charge in [-0.05, 0) is 25.7 Å². The van der Waals surface area contributed by atoms with Crippen LogP contribution in [0.25, 0.3) is 0 Å². The first-order chi connectivity index (χ1) is 7.46. The summed E-state index contributed by atoms with van der Waals surface area (Å²) < 4.78 is 32.7. The number of ether oxygens (including phenoxy) is 1. The molecule has 6 heteroatoms. The molecule has 2 aliphatic rings. The van der Waals surface area contributed by atoms with Gasteiger partial charge in [-0.15, -0.1) is 0 Å². The van der Waals surface area contributed by atoms with E-state index in [0.29, 0.717) is 0 Å². The van der Waals surface area contributed by atoms with Gasteiger partial charge in [-0.2, -0.15) is 17.0 Å². The number of nitrogens with zero attached hydrogens (tertiary/aromatic N) is 2. The Bertz CT molecular complexity index is 341. The molecule has 2 fully saturated rings. The highest BCUT2D eigenvalue weighted by Gasteiger charge is 2.47. The van der Waals surface area contributed by atoms with Gasteiger partial charge in [0.05, 0.1) is 6.10 Å². The van der Waals surface area contributed by atoms with Crippen molar-refractivity contribution in [2.75, 3.05) is 21.2 Å². The van der Waals surface area contributed by atoms with Crippen molar-refractivity contribution < 1.29 is 13.2 Å². The summed E-state index contributed by atoms with van der Waals surface area (Å²) in [6.45, 7) is 0. The molecule has 0 aromatic rings. The minimum Gasteiger partial charge on any atom is -0.381 e. The summed E-state index contributed by atoms with van der Waals surface area (Å²) >= 11 is 0. The Kier molecular flexibility index (Phi) is 3.27. The summed E-state index contributed by atoms with van der Waals surface area (Å²) in [5.41, 5.74) is 0. The predicted molar refractivity (Wildman–Crippen MR) is 61.3 cm³/mol. The number of piperidine rings is 1. The monoisotopic (exact) mass is 248 g/mol. The fraction of sp³-hybridized carbons (Fsp3) is 1.00. The van der Waals surface area contributed by atoms with Gasteiger partial charge in [0.1, 0.15) is 0 Å². The van der Waals surface area contributed by atoms with Crippen LogP contribution in [0.4, 0.5) is 0 Å². The predicted octanol–water partition coefficient (Wildman–Crippen LogP) is 0.435. The molecule has 2 unspecified atom stereocenters. The van der Waals surface area contributed by atoms with Crippen LogP contribution < -0.4 is 0 Å². The Labute approximate surface area is 97.5 Å². The van der Waals surface area contributed by atoms with E-state index in [-0.39, 0.29) is 18.2 Å². The van der Waals surface area contributed by atoms with Crippen molar-refractivity contribution in [2.24, 2.45) is 0 Å². The molecule has 2 heterocycles. The van der Waals surface area contributed by atoms with Crippen LogP contribution in [0, 0.1) is 0 Å². The SMILES string of the molecule is COC1CC2CCC(C1)N2S(=O)(=O)N(C)C. The van der Waals surface area contributed by atoms with Crippen molar-refractivity contribution in [1.29, 1.82) is 0 Å². The van der Waals surface area contributed by atoms with Crippen molar-refractivity contribution in [1.82, 2.24) is 8.61 Å². The van der Waals surface area contributed by atoms with E-state index in [4.69, 9.17) is 4.74 Å². The summed E-state index contributed by atoms with van der Waals surface area (Å²) in [4.78, 5) is 0. The molecule has 2 saturated heterocycles. The second kappa shape index (κ2) is 4.25. The van der Waals surface area contributed by atoms with Crippen LogP contribution in [0.15, 0.2) is 0 Å². The maximum Gasteiger partial charge on any atom is 0.281 e. The van der Waals surface area contributed by atoms with Crippen LogP contribution in [-0.2, 0) is 14.9 Å². The Morgan fingerprint density at radius 2 is 1.69 bits per heavy atom. The summed E-state index contributed by atoms with van der Waals surface area (Å²) in [6.07, 6.45) is 3.83. The normalized spacial score (nSPS) is 35.9. The van der Waals surface area contributed by atoms with Crippen molar-refractivity contribution in [3.8, 4) is 0 Å². The second-order valence-electron chi connectivity index (χ2n) is 4.83.